The van der Waals surface area contributed by atoms with Gasteiger partial charge < -0.3 is 5.73 Å². The molecule has 2 aromatic rings. The Labute approximate surface area is 87.9 Å². The minimum Gasteiger partial charge on any atom is -0.383 e. The minimum absolute atomic E-state index is 0. The monoisotopic (exact) mass is 204 g/mol. The summed E-state index contributed by atoms with van der Waals surface area (Å²) in [6.07, 6.45) is 0. The normalized spacial score (nSPS) is 12.4. The molecule has 0 radical (unpaired) electrons. The van der Waals surface area contributed by atoms with Crippen molar-refractivity contribution in [3.05, 3.63) is 42.0 Å². The van der Waals surface area contributed by atoms with E-state index < -0.39 is 0 Å². The molecular weight excluding hydrogens is 196 g/mol. The maximum Gasteiger partial charge on any atom is 0.132 e. The molecule has 14 heavy (non-hydrogen) atoms. The number of nitrogens with zero attached hydrogens (tertiary/aromatic N) is 1. The molecule has 70 valence electrons. The van der Waals surface area contributed by atoms with Crippen LogP contribution < -0.4 is 5.73 Å². The van der Waals surface area contributed by atoms with Gasteiger partial charge in [-0.05, 0) is 11.5 Å². The standard InChI is InChI=1S/C11H8N2.ClH/c12-11-8-5-1-3-7-4-2-6-9(13-11)10(7)8;/h1-6H,(H2,12,13);1H. The van der Waals surface area contributed by atoms with E-state index in [-0.39, 0.29) is 12.4 Å². The average Bonchev–Trinajstić information content (AvgIpc) is 2.47. The zero-order valence-electron chi connectivity index (χ0n) is 7.40. The Hall–Kier alpha value is -1.54. The molecule has 0 saturated heterocycles. The second-order valence-electron chi connectivity index (χ2n) is 3.18. The Kier molecular flexibility index (Phi) is 1.93. The predicted octanol–water partition coefficient (Wildman–Crippen LogP) is 2.61. The van der Waals surface area contributed by atoms with Crippen LogP contribution in [0.2, 0.25) is 0 Å². The minimum atomic E-state index is 0. The molecule has 2 N–H and O–H groups in total. The van der Waals surface area contributed by atoms with Gasteiger partial charge in [0, 0.05) is 10.9 Å². The fraction of sp³-hybridized carbons (Fsp3) is 0. The fourth-order valence-corrected chi connectivity index (χ4v) is 1.82. The molecular formula is C11H9ClN2. The van der Waals surface area contributed by atoms with Gasteiger partial charge in [0.05, 0.1) is 5.69 Å². The van der Waals surface area contributed by atoms with Crippen molar-refractivity contribution in [3.8, 4) is 0 Å². The number of amidine groups is 1. The van der Waals surface area contributed by atoms with Crippen LogP contribution in [0.15, 0.2) is 41.4 Å². The topological polar surface area (TPSA) is 38.4 Å². The van der Waals surface area contributed by atoms with E-state index in [4.69, 9.17) is 5.73 Å². The number of aliphatic imine (C=N–C) groups is 1. The van der Waals surface area contributed by atoms with Gasteiger partial charge in [0.15, 0.2) is 0 Å². The summed E-state index contributed by atoms with van der Waals surface area (Å²) in [5.41, 5.74) is 7.84. The maximum atomic E-state index is 5.79. The van der Waals surface area contributed by atoms with Crippen LogP contribution in [-0.4, -0.2) is 5.84 Å². The molecule has 2 aromatic carbocycles. The molecule has 0 saturated carbocycles. The van der Waals surface area contributed by atoms with Crippen LogP contribution in [0, 0.1) is 0 Å². The van der Waals surface area contributed by atoms with Gasteiger partial charge in [0.25, 0.3) is 0 Å². The third-order valence-corrected chi connectivity index (χ3v) is 2.40. The summed E-state index contributed by atoms with van der Waals surface area (Å²) in [5, 5.41) is 2.39. The number of rotatable bonds is 0. The van der Waals surface area contributed by atoms with Gasteiger partial charge >= 0.3 is 0 Å². The lowest BCUT2D eigenvalue weighted by molar-refractivity contribution is 1.55. The molecule has 1 aliphatic rings. The smallest absolute Gasteiger partial charge is 0.132 e. The van der Waals surface area contributed by atoms with Crippen LogP contribution >= 0.6 is 12.4 Å². The third-order valence-electron chi connectivity index (χ3n) is 2.40. The molecule has 0 aliphatic carbocycles. The van der Waals surface area contributed by atoms with E-state index in [2.05, 4.69) is 17.1 Å². The molecule has 1 aliphatic heterocycles. The highest BCUT2D eigenvalue weighted by molar-refractivity contribution is 6.18. The number of hydrogen-bond acceptors (Lipinski definition) is 2. The summed E-state index contributed by atoms with van der Waals surface area (Å²) < 4.78 is 0. The first kappa shape index (κ1) is 9.03. The van der Waals surface area contributed by atoms with Crippen LogP contribution in [0.1, 0.15) is 5.56 Å². The van der Waals surface area contributed by atoms with Gasteiger partial charge in [-0.15, -0.1) is 12.4 Å². The molecule has 3 heteroatoms. The summed E-state index contributed by atoms with van der Waals surface area (Å²) >= 11 is 0. The maximum absolute atomic E-state index is 5.79. The third kappa shape index (κ3) is 1.01. The van der Waals surface area contributed by atoms with Crippen molar-refractivity contribution in [2.24, 2.45) is 10.7 Å². The van der Waals surface area contributed by atoms with E-state index in [1.54, 1.807) is 0 Å². The van der Waals surface area contributed by atoms with Gasteiger partial charge in [-0.25, -0.2) is 4.99 Å². The van der Waals surface area contributed by atoms with Crippen LogP contribution in [0.4, 0.5) is 5.69 Å². The quantitative estimate of drug-likeness (QED) is 0.704. The molecule has 0 atom stereocenters. The molecule has 3 rings (SSSR count). The van der Waals surface area contributed by atoms with Crippen molar-refractivity contribution in [1.82, 2.24) is 0 Å². The number of benzene rings is 2. The largest absolute Gasteiger partial charge is 0.383 e. The lowest BCUT2D eigenvalue weighted by atomic mass is 10.0. The van der Waals surface area contributed by atoms with Crippen LogP contribution in [0.25, 0.3) is 10.8 Å². The van der Waals surface area contributed by atoms with Gasteiger partial charge in [-0.1, -0.05) is 30.3 Å². The lowest BCUT2D eigenvalue weighted by Gasteiger charge is -1.98. The molecule has 0 amide bonds. The summed E-state index contributed by atoms with van der Waals surface area (Å²) in [4.78, 5) is 4.29. The summed E-state index contributed by atoms with van der Waals surface area (Å²) in [6, 6.07) is 12.2. The Morgan fingerprint density at radius 1 is 1.00 bits per heavy atom. The first-order valence-electron chi connectivity index (χ1n) is 4.22. The Morgan fingerprint density at radius 3 is 2.50 bits per heavy atom. The van der Waals surface area contributed by atoms with Crippen molar-refractivity contribution >= 4 is 34.7 Å². The van der Waals surface area contributed by atoms with E-state index in [1.807, 2.05) is 24.3 Å². The van der Waals surface area contributed by atoms with Gasteiger partial charge in [0.2, 0.25) is 0 Å². The zero-order valence-corrected chi connectivity index (χ0v) is 8.21. The number of hydrogen-bond donors (Lipinski definition) is 1. The van der Waals surface area contributed by atoms with Crippen molar-refractivity contribution in [1.29, 1.82) is 0 Å². The molecule has 1 heterocycles. The lowest BCUT2D eigenvalue weighted by Crippen LogP contribution is -2.09. The predicted molar refractivity (Wildman–Crippen MR) is 61.6 cm³/mol. The molecule has 0 unspecified atom stereocenters. The highest BCUT2D eigenvalue weighted by atomic mass is 35.5. The van der Waals surface area contributed by atoms with Crippen LogP contribution in [-0.2, 0) is 0 Å². The highest BCUT2D eigenvalue weighted by Crippen LogP contribution is 2.33. The zero-order chi connectivity index (χ0) is 8.84. The van der Waals surface area contributed by atoms with Crippen LogP contribution in [0.3, 0.4) is 0 Å². The van der Waals surface area contributed by atoms with Crippen molar-refractivity contribution in [2.75, 3.05) is 0 Å². The Morgan fingerprint density at radius 2 is 1.71 bits per heavy atom. The van der Waals surface area contributed by atoms with Crippen molar-refractivity contribution in [3.63, 3.8) is 0 Å². The van der Waals surface area contributed by atoms with Gasteiger partial charge in [-0.2, -0.15) is 0 Å². The molecule has 0 spiro atoms. The van der Waals surface area contributed by atoms with Gasteiger partial charge in [0.1, 0.15) is 5.84 Å². The number of halogens is 1. The van der Waals surface area contributed by atoms with E-state index in [0.717, 1.165) is 11.3 Å². The van der Waals surface area contributed by atoms with Gasteiger partial charge in [-0.3, -0.25) is 0 Å². The first-order valence-corrected chi connectivity index (χ1v) is 4.22. The summed E-state index contributed by atoms with van der Waals surface area (Å²) in [5.74, 6) is 0.631. The average molecular weight is 205 g/mol. The molecule has 0 fully saturated rings. The Balaban J connectivity index is 0.000000750. The van der Waals surface area contributed by atoms with E-state index >= 15 is 0 Å². The number of nitrogens with two attached hydrogens (primary N) is 1. The SMILES string of the molecule is Cl.NC1=Nc2cccc3cccc1c23. The first-order chi connectivity index (χ1) is 6.36. The van der Waals surface area contributed by atoms with Crippen molar-refractivity contribution < 1.29 is 0 Å². The molecule has 0 aromatic heterocycles. The summed E-state index contributed by atoms with van der Waals surface area (Å²) in [7, 11) is 0. The van der Waals surface area contributed by atoms with E-state index in [9.17, 15) is 0 Å². The second kappa shape index (κ2) is 3.00. The second-order valence-corrected chi connectivity index (χ2v) is 3.18. The summed E-state index contributed by atoms with van der Waals surface area (Å²) in [6.45, 7) is 0. The highest BCUT2D eigenvalue weighted by Gasteiger charge is 2.14. The molecule has 0 bridgehead atoms. The molecule has 2 nitrogen and oxygen atoms in total. The fourth-order valence-electron chi connectivity index (χ4n) is 1.82. The Bertz CT molecular complexity index is 527. The van der Waals surface area contributed by atoms with Crippen molar-refractivity contribution in [2.45, 2.75) is 0 Å². The van der Waals surface area contributed by atoms with E-state index in [1.165, 1.54) is 10.8 Å². The van der Waals surface area contributed by atoms with E-state index in [0.29, 0.717) is 5.84 Å². The van der Waals surface area contributed by atoms with Crippen LogP contribution in [0.5, 0.6) is 0 Å².